The third-order valence-corrected chi connectivity index (χ3v) is 3.08. The zero-order valence-electron chi connectivity index (χ0n) is 10.9. The van der Waals surface area contributed by atoms with Crippen LogP contribution in [0.25, 0.3) is 0 Å². The minimum Gasteiger partial charge on any atom is -0.322 e. The standard InChI is InChI=1S/C14H10ClFN2O3/c1-8-6-10(15)3-4-12(8)17-14(19)9-2-5-13(18(20)21)11(16)7-9/h2-7H,1H3,(H,17,19). The van der Waals surface area contributed by atoms with E-state index >= 15 is 0 Å². The normalized spacial score (nSPS) is 10.2. The summed E-state index contributed by atoms with van der Waals surface area (Å²) in [5.41, 5.74) is 0.600. The number of aryl methyl sites for hydroxylation is 1. The lowest BCUT2D eigenvalue weighted by Gasteiger charge is -2.08. The van der Waals surface area contributed by atoms with E-state index in [2.05, 4.69) is 5.32 Å². The number of anilines is 1. The molecule has 0 aliphatic carbocycles. The number of rotatable bonds is 3. The zero-order chi connectivity index (χ0) is 15.6. The number of halogens is 2. The fraction of sp³-hybridized carbons (Fsp3) is 0.0714. The van der Waals surface area contributed by atoms with Crippen molar-refractivity contribution in [3.63, 3.8) is 0 Å². The van der Waals surface area contributed by atoms with Gasteiger partial charge in [0.1, 0.15) is 0 Å². The van der Waals surface area contributed by atoms with Gasteiger partial charge in [-0.2, -0.15) is 4.39 Å². The lowest BCUT2D eigenvalue weighted by Crippen LogP contribution is -2.13. The van der Waals surface area contributed by atoms with Gasteiger partial charge in [0, 0.05) is 22.3 Å². The van der Waals surface area contributed by atoms with Gasteiger partial charge >= 0.3 is 5.69 Å². The van der Waals surface area contributed by atoms with Crippen molar-refractivity contribution in [2.75, 3.05) is 5.32 Å². The topological polar surface area (TPSA) is 72.2 Å². The minimum absolute atomic E-state index is 0.00699. The summed E-state index contributed by atoms with van der Waals surface area (Å²) in [6.07, 6.45) is 0. The van der Waals surface area contributed by atoms with Crippen LogP contribution in [0.2, 0.25) is 5.02 Å². The van der Waals surface area contributed by atoms with E-state index in [1.807, 2.05) is 0 Å². The predicted molar refractivity (Wildman–Crippen MR) is 77.2 cm³/mol. The van der Waals surface area contributed by atoms with Crippen LogP contribution in [0, 0.1) is 22.9 Å². The second kappa shape index (κ2) is 5.88. The third-order valence-electron chi connectivity index (χ3n) is 2.84. The van der Waals surface area contributed by atoms with E-state index in [0.29, 0.717) is 10.7 Å². The molecule has 2 rings (SSSR count). The van der Waals surface area contributed by atoms with Crippen molar-refractivity contribution in [3.8, 4) is 0 Å². The molecular formula is C14H10ClFN2O3. The van der Waals surface area contributed by atoms with E-state index in [1.54, 1.807) is 25.1 Å². The molecule has 5 nitrogen and oxygen atoms in total. The number of amides is 1. The van der Waals surface area contributed by atoms with Gasteiger partial charge in [0.2, 0.25) is 5.82 Å². The number of carbonyl (C=O) groups is 1. The number of hydrogen-bond acceptors (Lipinski definition) is 3. The van der Waals surface area contributed by atoms with Crippen LogP contribution >= 0.6 is 11.6 Å². The Morgan fingerprint density at radius 3 is 2.57 bits per heavy atom. The molecule has 21 heavy (non-hydrogen) atoms. The number of hydrogen-bond donors (Lipinski definition) is 1. The van der Waals surface area contributed by atoms with Crippen LogP contribution in [0.1, 0.15) is 15.9 Å². The molecule has 2 aromatic rings. The maximum atomic E-state index is 13.5. The Balaban J connectivity index is 2.24. The molecule has 0 radical (unpaired) electrons. The van der Waals surface area contributed by atoms with Gasteiger partial charge in [-0.1, -0.05) is 11.6 Å². The molecule has 0 spiro atoms. The first-order chi connectivity index (χ1) is 9.88. The second-order valence-electron chi connectivity index (χ2n) is 4.34. The average molecular weight is 309 g/mol. The van der Waals surface area contributed by atoms with Crippen molar-refractivity contribution in [1.82, 2.24) is 0 Å². The zero-order valence-corrected chi connectivity index (χ0v) is 11.6. The molecule has 0 bridgehead atoms. The van der Waals surface area contributed by atoms with E-state index in [4.69, 9.17) is 11.6 Å². The molecule has 1 N–H and O–H groups in total. The summed E-state index contributed by atoms with van der Waals surface area (Å²) >= 11 is 5.81. The van der Waals surface area contributed by atoms with Gasteiger partial charge in [-0.3, -0.25) is 14.9 Å². The van der Waals surface area contributed by atoms with Crippen molar-refractivity contribution in [3.05, 3.63) is 68.5 Å². The first-order valence-electron chi connectivity index (χ1n) is 5.90. The molecule has 0 saturated heterocycles. The van der Waals surface area contributed by atoms with Gasteiger partial charge in [0.05, 0.1) is 4.92 Å². The van der Waals surface area contributed by atoms with Crippen LogP contribution in [0.5, 0.6) is 0 Å². The second-order valence-corrected chi connectivity index (χ2v) is 4.77. The lowest BCUT2D eigenvalue weighted by molar-refractivity contribution is -0.387. The van der Waals surface area contributed by atoms with Gasteiger partial charge in [-0.25, -0.2) is 0 Å². The van der Waals surface area contributed by atoms with Crippen molar-refractivity contribution in [2.24, 2.45) is 0 Å². The minimum atomic E-state index is -1.06. The summed E-state index contributed by atoms with van der Waals surface area (Å²) in [5, 5.41) is 13.7. The van der Waals surface area contributed by atoms with Gasteiger partial charge < -0.3 is 5.32 Å². The highest BCUT2D eigenvalue weighted by Gasteiger charge is 2.17. The molecule has 108 valence electrons. The van der Waals surface area contributed by atoms with Crippen LogP contribution in [0.3, 0.4) is 0 Å². The Morgan fingerprint density at radius 2 is 2.00 bits per heavy atom. The number of benzene rings is 2. The molecule has 7 heteroatoms. The highest BCUT2D eigenvalue weighted by Crippen LogP contribution is 2.22. The van der Waals surface area contributed by atoms with E-state index in [-0.39, 0.29) is 5.56 Å². The number of nitro benzene ring substituents is 1. The van der Waals surface area contributed by atoms with Gasteiger partial charge in [-0.05, 0) is 42.8 Å². The lowest BCUT2D eigenvalue weighted by atomic mass is 10.1. The Hall–Kier alpha value is -2.47. The highest BCUT2D eigenvalue weighted by molar-refractivity contribution is 6.30. The first-order valence-corrected chi connectivity index (χ1v) is 6.27. The molecule has 0 aromatic heterocycles. The molecule has 0 saturated carbocycles. The van der Waals surface area contributed by atoms with Crippen molar-refractivity contribution in [2.45, 2.75) is 6.92 Å². The molecule has 0 aliphatic rings. The maximum absolute atomic E-state index is 13.5. The Bertz CT molecular complexity index is 734. The molecule has 0 heterocycles. The maximum Gasteiger partial charge on any atom is 0.304 e. The Kier molecular flexibility index (Phi) is 4.18. The molecular weight excluding hydrogens is 299 g/mol. The van der Waals surface area contributed by atoms with Crippen LogP contribution in [0.15, 0.2) is 36.4 Å². The number of nitrogens with one attached hydrogen (secondary N) is 1. The fourth-order valence-corrected chi connectivity index (χ4v) is 1.98. The summed E-state index contributed by atoms with van der Waals surface area (Å²) in [6, 6.07) is 7.89. The van der Waals surface area contributed by atoms with E-state index < -0.39 is 22.3 Å². The summed E-state index contributed by atoms with van der Waals surface area (Å²) < 4.78 is 13.5. The van der Waals surface area contributed by atoms with Crippen LogP contribution in [-0.2, 0) is 0 Å². The largest absolute Gasteiger partial charge is 0.322 e. The Labute approximate surface area is 124 Å². The highest BCUT2D eigenvalue weighted by atomic mass is 35.5. The van der Waals surface area contributed by atoms with Crippen molar-refractivity contribution in [1.29, 1.82) is 0 Å². The van der Waals surface area contributed by atoms with Crippen LogP contribution < -0.4 is 5.32 Å². The van der Waals surface area contributed by atoms with Gasteiger partial charge in [0.25, 0.3) is 5.91 Å². The van der Waals surface area contributed by atoms with E-state index in [1.165, 1.54) is 6.07 Å². The summed E-state index contributed by atoms with van der Waals surface area (Å²) in [7, 11) is 0. The molecule has 0 unspecified atom stereocenters. The average Bonchev–Trinajstić information content (AvgIpc) is 2.41. The number of carbonyl (C=O) groups excluding carboxylic acids is 1. The summed E-state index contributed by atoms with van der Waals surface area (Å²) in [5.74, 6) is -1.62. The van der Waals surface area contributed by atoms with Gasteiger partial charge in [-0.15, -0.1) is 0 Å². The first kappa shape index (κ1) is 14.9. The molecule has 2 aromatic carbocycles. The fourth-order valence-electron chi connectivity index (χ4n) is 1.76. The molecule has 0 atom stereocenters. The SMILES string of the molecule is Cc1cc(Cl)ccc1NC(=O)c1ccc([N+](=O)[O-])c(F)c1. The van der Waals surface area contributed by atoms with E-state index in [0.717, 1.165) is 17.7 Å². The van der Waals surface area contributed by atoms with E-state index in [9.17, 15) is 19.3 Å². The Morgan fingerprint density at radius 1 is 1.29 bits per heavy atom. The van der Waals surface area contributed by atoms with Crippen molar-refractivity contribution < 1.29 is 14.1 Å². The smallest absolute Gasteiger partial charge is 0.304 e. The molecule has 0 aliphatic heterocycles. The number of nitrogens with zero attached hydrogens (tertiary/aromatic N) is 1. The third kappa shape index (κ3) is 3.35. The van der Waals surface area contributed by atoms with Crippen LogP contribution in [0.4, 0.5) is 15.8 Å². The molecule has 1 amide bonds. The summed E-state index contributed by atoms with van der Waals surface area (Å²) in [6.45, 7) is 1.76. The quantitative estimate of drug-likeness (QED) is 0.689. The van der Waals surface area contributed by atoms with Crippen LogP contribution in [-0.4, -0.2) is 10.8 Å². The summed E-state index contributed by atoms with van der Waals surface area (Å²) in [4.78, 5) is 21.7. The van der Waals surface area contributed by atoms with Gasteiger partial charge in [0.15, 0.2) is 0 Å². The monoisotopic (exact) mass is 308 g/mol. The number of nitro groups is 1. The predicted octanol–water partition coefficient (Wildman–Crippen LogP) is 3.95. The molecule has 0 fully saturated rings. The van der Waals surface area contributed by atoms with Crippen molar-refractivity contribution >= 4 is 28.9 Å².